The van der Waals surface area contributed by atoms with E-state index >= 15 is 0 Å². The second-order valence-electron chi connectivity index (χ2n) is 7.27. The number of carbonyl (C=O) groups is 1. The summed E-state index contributed by atoms with van der Waals surface area (Å²) in [5.74, 6) is 0.00678. The predicted molar refractivity (Wildman–Crippen MR) is 108 cm³/mol. The molecule has 0 unspecified atom stereocenters. The van der Waals surface area contributed by atoms with E-state index in [4.69, 9.17) is 0 Å². The molecule has 1 fully saturated rings. The number of piperazine rings is 1. The molecule has 1 aromatic rings. The van der Waals surface area contributed by atoms with Crippen molar-refractivity contribution >= 4 is 25.8 Å². The van der Waals surface area contributed by atoms with E-state index in [1.165, 1.54) is 6.26 Å². The number of nitrogens with one attached hydrogen (secondary N) is 1. The Bertz CT molecular complexity index is 905. The monoisotopic (exact) mass is 431 g/mol. The van der Waals surface area contributed by atoms with Crippen LogP contribution in [-0.2, 0) is 24.7 Å². The second-order valence-corrected chi connectivity index (χ2v) is 11.3. The number of sulfonamides is 1. The van der Waals surface area contributed by atoms with Crippen LogP contribution in [0.3, 0.4) is 0 Å². The zero-order valence-electron chi connectivity index (χ0n) is 16.6. The van der Waals surface area contributed by atoms with Gasteiger partial charge in [-0.1, -0.05) is 17.7 Å². The van der Waals surface area contributed by atoms with Crippen LogP contribution in [0.15, 0.2) is 23.1 Å². The van der Waals surface area contributed by atoms with Gasteiger partial charge in [-0.05, 0) is 25.5 Å². The van der Waals surface area contributed by atoms with Gasteiger partial charge in [-0.3, -0.25) is 9.69 Å². The Morgan fingerprint density at radius 2 is 1.71 bits per heavy atom. The van der Waals surface area contributed by atoms with Crippen LogP contribution in [0.1, 0.15) is 17.5 Å². The minimum atomic E-state index is -3.65. The number of amides is 1. The van der Waals surface area contributed by atoms with Crippen molar-refractivity contribution in [1.82, 2.24) is 14.5 Å². The van der Waals surface area contributed by atoms with Crippen LogP contribution in [-0.4, -0.2) is 83.8 Å². The van der Waals surface area contributed by atoms with E-state index in [0.29, 0.717) is 38.3 Å². The lowest BCUT2D eigenvalue weighted by atomic mass is 10.2. The fourth-order valence-corrected chi connectivity index (χ4v) is 4.99. The molecule has 1 N–H and O–H groups in total. The summed E-state index contributed by atoms with van der Waals surface area (Å²) >= 11 is 0. The zero-order chi connectivity index (χ0) is 20.9. The number of aryl methyl sites for hydroxylation is 2. The third-order valence-corrected chi connectivity index (χ3v) is 7.30. The van der Waals surface area contributed by atoms with Gasteiger partial charge in [0.1, 0.15) is 9.84 Å². The lowest BCUT2D eigenvalue weighted by molar-refractivity contribution is -0.132. The Kier molecular flexibility index (Phi) is 7.60. The summed E-state index contributed by atoms with van der Waals surface area (Å²) in [5.41, 5.74) is 1.66. The minimum Gasteiger partial charge on any atom is -0.340 e. The van der Waals surface area contributed by atoms with Crippen molar-refractivity contribution in [3.63, 3.8) is 0 Å². The molecule has 1 heterocycles. The molecule has 1 aliphatic rings. The molecule has 8 nitrogen and oxygen atoms in total. The van der Waals surface area contributed by atoms with Crippen molar-refractivity contribution < 1.29 is 21.6 Å². The summed E-state index contributed by atoms with van der Waals surface area (Å²) in [5, 5.41) is 0. The molecular weight excluding hydrogens is 402 g/mol. The quantitative estimate of drug-likeness (QED) is 0.629. The van der Waals surface area contributed by atoms with Crippen LogP contribution in [0, 0.1) is 13.8 Å². The van der Waals surface area contributed by atoms with Crippen molar-refractivity contribution in [3.05, 3.63) is 29.3 Å². The summed E-state index contributed by atoms with van der Waals surface area (Å²) in [6.45, 7) is 6.44. The van der Waals surface area contributed by atoms with Gasteiger partial charge in [-0.15, -0.1) is 0 Å². The average molecular weight is 432 g/mol. The standard InChI is InChI=1S/C18H29N3O5S2/c1-15-4-5-17(16(2)14-15)28(25,26)19-7-6-18(22)21-10-8-20(9-11-21)12-13-27(3,23)24/h4-5,14,19H,6-13H2,1-3H3. The predicted octanol–water partition coefficient (Wildman–Crippen LogP) is 0.161. The fraction of sp³-hybridized carbons (Fsp3) is 0.611. The molecule has 1 saturated heterocycles. The largest absolute Gasteiger partial charge is 0.340 e. The summed E-state index contributed by atoms with van der Waals surface area (Å²) in [4.78, 5) is 16.3. The van der Waals surface area contributed by atoms with Gasteiger partial charge in [0.25, 0.3) is 0 Å². The highest BCUT2D eigenvalue weighted by atomic mass is 32.2. The molecule has 1 aromatic carbocycles. The van der Waals surface area contributed by atoms with E-state index in [0.717, 1.165) is 5.56 Å². The van der Waals surface area contributed by atoms with Crippen LogP contribution in [0.5, 0.6) is 0 Å². The Balaban J connectivity index is 1.78. The number of hydrogen-bond acceptors (Lipinski definition) is 6. The smallest absolute Gasteiger partial charge is 0.240 e. The normalized spacial score (nSPS) is 16.3. The molecule has 2 rings (SSSR count). The van der Waals surface area contributed by atoms with Gasteiger partial charge in [-0.25, -0.2) is 21.6 Å². The Hall–Kier alpha value is -1.49. The van der Waals surface area contributed by atoms with Crippen molar-refractivity contribution in [1.29, 1.82) is 0 Å². The molecule has 0 bridgehead atoms. The minimum absolute atomic E-state index is 0.0444. The topological polar surface area (TPSA) is 104 Å². The molecule has 0 spiro atoms. The molecule has 10 heteroatoms. The molecule has 1 amide bonds. The third-order valence-electron chi connectivity index (χ3n) is 4.75. The molecule has 0 radical (unpaired) electrons. The average Bonchev–Trinajstić information content (AvgIpc) is 2.59. The maximum Gasteiger partial charge on any atom is 0.240 e. The molecule has 0 aliphatic carbocycles. The van der Waals surface area contributed by atoms with Crippen LogP contribution < -0.4 is 4.72 Å². The maximum absolute atomic E-state index is 12.4. The summed E-state index contributed by atoms with van der Waals surface area (Å²) < 4.78 is 49.8. The molecular formula is C18H29N3O5S2. The first-order chi connectivity index (χ1) is 13.0. The molecule has 0 atom stereocenters. The fourth-order valence-electron chi connectivity index (χ4n) is 3.14. The lowest BCUT2D eigenvalue weighted by Gasteiger charge is -2.34. The zero-order valence-corrected chi connectivity index (χ0v) is 18.3. The second kappa shape index (κ2) is 9.34. The molecule has 0 aromatic heterocycles. The lowest BCUT2D eigenvalue weighted by Crippen LogP contribution is -2.50. The van der Waals surface area contributed by atoms with Gasteiger partial charge >= 0.3 is 0 Å². The van der Waals surface area contributed by atoms with E-state index in [9.17, 15) is 21.6 Å². The van der Waals surface area contributed by atoms with Crippen molar-refractivity contribution in [2.24, 2.45) is 0 Å². The molecule has 28 heavy (non-hydrogen) atoms. The number of hydrogen-bond donors (Lipinski definition) is 1. The molecule has 0 saturated carbocycles. The highest BCUT2D eigenvalue weighted by Gasteiger charge is 2.22. The van der Waals surface area contributed by atoms with Gasteiger partial charge < -0.3 is 4.90 Å². The van der Waals surface area contributed by atoms with E-state index in [1.807, 2.05) is 17.9 Å². The summed E-state index contributed by atoms with van der Waals surface area (Å²) in [7, 11) is -6.65. The van der Waals surface area contributed by atoms with Gasteiger partial charge in [0.2, 0.25) is 15.9 Å². The van der Waals surface area contributed by atoms with Gasteiger partial charge in [0.05, 0.1) is 10.6 Å². The Morgan fingerprint density at radius 1 is 1.07 bits per heavy atom. The van der Waals surface area contributed by atoms with Crippen molar-refractivity contribution in [2.45, 2.75) is 25.2 Å². The molecule has 158 valence electrons. The SMILES string of the molecule is Cc1ccc(S(=O)(=O)NCCC(=O)N2CCN(CCS(C)(=O)=O)CC2)c(C)c1. The van der Waals surface area contributed by atoms with Crippen molar-refractivity contribution in [2.75, 3.05) is 51.3 Å². The number of nitrogens with zero attached hydrogens (tertiary/aromatic N) is 2. The highest BCUT2D eigenvalue weighted by Crippen LogP contribution is 2.16. The Labute approximate surface area is 167 Å². The number of sulfone groups is 1. The first-order valence-corrected chi connectivity index (χ1v) is 12.8. The first-order valence-electron chi connectivity index (χ1n) is 9.23. The summed E-state index contributed by atoms with van der Waals surface area (Å²) in [6, 6.07) is 5.13. The Morgan fingerprint density at radius 3 is 2.29 bits per heavy atom. The van der Waals surface area contributed by atoms with Crippen LogP contribution in [0.25, 0.3) is 0 Å². The van der Waals surface area contributed by atoms with Gasteiger partial charge in [0.15, 0.2) is 0 Å². The van der Waals surface area contributed by atoms with E-state index < -0.39 is 19.9 Å². The van der Waals surface area contributed by atoms with Crippen LogP contribution in [0.2, 0.25) is 0 Å². The van der Waals surface area contributed by atoms with Crippen LogP contribution in [0.4, 0.5) is 0 Å². The van der Waals surface area contributed by atoms with E-state index in [1.54, 1.807) is 24.0 Å². The van der Waals surface area contributed by atoms with E-state index in [-0.39, 0.29) is 29.5 Å². The number of rotatable bonds is 8. The number of benzene rings is 1. The summed E-state index contributed by atoms with van der Waals surface area (Å²) in [6.07, 6.45) is 1.30. The highest BCUT2D eigenvalue weighted by molar-refractivity contribution is 7.90. The third kappa shape index (κ3) is 6.84. The van der Waals surface area contributed by atoms with E-state index in [2.05, 4.69) is 4.72 Å². The number of carbonyl (C=O) groups excluding carboxylic acids is 1. The van der Waals surface area contributed by atoms with Crippen LogP contribution >= 0.6 is 0 Å². The first kappa shape index (κ1) is 22.8. The van der Waals surface area contributed by atoms with Gasteiger partial charge in [-0.2, -0.15) is 0 Å². The maximum atomic E-state index is 12.4. The van der Waals surface area contributed by atoms with Gasteiger partial charge in [0, 0.05) is 51.9 Å². The molecule has 1 aliphatic heterocycles. The van der Waals surface area contributed by atoms with Crippen molar-refractivity contribution in [3.8, 4) is 0 Å².